The molecule has 0 radical (unpaired) electrons. The number of carboxylic acid groups (broad SMARTS) is 1. The average Bonchev–Trinajstić information content (AvgIpc) is 2.39. The van der Waals surface area contributed by atoms with Crippen molar-refractivity contribution in [1.29, 1.82) is 0 Å². The summed E-state index contributed by atoms with van der Waals surface area (Å²) in [6.45, 7) is 6.59. The van der Waals surface area contributed by atoms with Crippen LogP contribution < -0.4 is 0 Å². The molecule has 120 valence electrons. The molecule has 0 rings (SSSR count). The van der Waals surface area contributed by atoms with Crippen LogP contribution in [0.3, 0.4) is 0 Å². The van der Waals surface area contributed by atoms with E-state index in [9.17, 15) is 9.59 Å². The van der Waals surface area contributed by atoms with Gasteiger partial charge in [0.2, 0.25) is 0 Å². The Balaban J connectivity index is 0. The Kier molecular flexibility index (Phi) is 19.1. The van der Waals surface area contributed by atoms with E-state index in [0.29, 0.717) is 19.4 Å². The summed E-state index contributed by atoms with van der Waals surface area (Å²) < 4.78 is 4.81. The van der Waals surface area contributed by atoms with Gasteiger partial charge in [-0.25, -0.2) is 0 Å². The van der Waals surface area contributed by atoms with E-state index in [2.05, 4.69) is 13.8 Å². The predicted molar refractivity (Wildman–Crippen MR) is 81.8 cm³/mol. The second-order valence-electron chi connectivity index (χ2n) is 4.82. The molecule has 0 spiro atoms. The van der Waals surface area contributed by atoms with Crippen LogP contribution >= 0.6 is 0 Å². The van der Waals surface area contributed by atoms with E-state index in [4.69, 9.17) is 9.84 Å². The van der Waals surface area contributed by atoms with E-state index in [1.165, 1.54) is 19.3 Å². The van der Waals surface area contributed by atoms with E-state index in [0.717, 1.165) is 32.1 Å². The van der Waals surface area contributed by atoms with Crippen LogP contribution in [0.15, 0.2) is 0 Å². The van der Waals surface area contributed by atoms with Gasteiger partial charge in [-0.15, -0.1) is 0 Å². The number of esters is 1. The van der Waals surface area contributed by atoms with Crippen molar-refractivity contribution in [3.63, 3.8) is 0 Å². The van der Waals surface area contributed by atoms with Gasteiger partial charge in [-0.3, -0.25) is 9.59 Å². The van der Waals surface area contributed by atoms with Crippen molar-refractivity contribution in [3.8, 4) is 0 Å². The minimum atomic E-state index is -0.682. The van der Waals surface area contributed by atoms with Crippen molar-refractivity contribution in [1.82, 2.24) is 0 Å². The highest BCUT2D eigenvalue weighted by Crippen LogP contribution is 2.05. The smallest absolute Gasteiger partial charge is 0.305 e. The van der Waals surface area contributed by atoms with Crippen LogP contribution in [0.1, 0.15) is 85.0 Å². The van der Waals surface area contributed by atoms with Crippen LogP contribution in [-0.4, -0.2) is 23.7 Å². The van der Waals surface area contributed by atoms with Gasteiger partial charge in [0.1, 0.15) is 0 Å². The van der Waals surface area contributed by atoms with Gasteiger partial charge in [0.05, 0.1) is 6.61 Å². The van der Waals surface area contributed by atoms with E-state index in [-0.39, 0.29) is 5.97 Å². The lowest BCUT2D eigenvalue weighted by molar-refractivity contribution is -0.143. The summed E-state index contributed by atoms with van der Waals surface area (Å²) in [5, 5.41) is 8.14. The van der Waals surface area contributed by atoms with E-state index in [1.807, 2.05) is 6.92 Å². The summed E-state index contributed by atoms with van der Waals surface area (Å²) in [6, 6.07) is 0. The number of unbranched alkanes of at least 4 members (excludes halogenated alkanes) is 6. The standard InChI is InChI=1S/C10H20O2.C6H12O2/c1-3-5-6-7-8-9-10(11)12-4-2;1-2-3-4-5-6(7)8/h3-9H2,1-2H3;2-5H2,1H3,(H,7,8). The first-order chi connectivity index (χ1) is 9.58. The molecular weight excluding hydrogens is 256 g/mol. The van der Waals surface area contributed by atoms with E-state index in [1.54, 1.807) is 0 Å². The largest absolute Gasteiger partial charge is 0.481 e. The molecule has 0 atom stereocenters. The molecule has 0 heterocycles. The third kappa shape index (κ3) is 22.1. The third-order valence-electron chi connectivity index (χ3n) is 2.78. The zero-order valence-electron chi connectivity index (χ0n) is 13.5. The molecule has 0 aromatic rings. The molecule has 0 aliphatic carbocycles. The van der Waals surface area contributed by atoms with Gasteiger partial charge in [-0.2, -0.15) is 0 Å². The van der Waals surface area contributed by atoms with E-state index >= 15 is 0 Å². The Bertz CT molecular complexity index is 227. The number of aliphatic carboxylic acids is 1. The van der Waals surface area contributed by atoms with Crippen LogP contribution in [0.4, 0.5) is 0 Å². The second-order valence-corrected chi connectivity index (χ2v) is 4.82. The Hall–Kier alpha value is -1.06. The van der Waals surface area contributed by atoms with Crippen molar-refractivity contribution in [3.05, 3.63) is 0 Å². The molecule has 4 heteroatoms. The van der Waals surface area contributed by atoms with Crippen molar-refractivity contribution in [2.75, 3.05) is 6.61 Å². The number of ether oxygens (including phenoxy) is 1. The molecule has 20 heavy (non-hydrogen) atoms. The van der Waals surface area contributed by atoms with Gasteiger partial charge < -0.3 is 9.84 Å². The molecule has 0 amide bonds. The highest BCUT2D eigenvalue weighted by Gasteiger charge is 1.99. The molecular formula is C16H32O4. The predicted octanol–water partition coefficient (Wildman–Crippen LogP) is 4.56. The minimum Gasteiger partial charge on any atom is -0.481 e. The zero-order valence-corrected chi connectivity index (χ0v) is 13.5. The maximum Gasteiger partial charge on any atom is 0.305 e. The van der Waals surface area contributed by atoms with Crippen LogP contribution in [0, 0.1) is 0 Å². The quantitative estimate of drug-likeness (QED) is 0.447. The molecule has 0 aliphatic rings. The summed E-state index contributed by atoms with van der Waals surface area (Å²) in [4.78, 5) is 20.7. The molecule has 0 saturated heterocycles. The fourth-order valence-electron chi connectivity index (χ4n) is 1.63. The fourth-order valence-corrected chi connectivity index (χ4v) is 1.63. The van der Waals surface area contributed by atoms with Crippen molar-refractivity contribution >= 4 is 11.9 Å². The SMILES string of the molecule is CCCCCC(=O)O.CCCCCCCC(=O)OCC. The van der Waals surface area contributed by atoms with Crippen molar-refractivity contribution in [2.24, 2.45) is 0 Å². The van der Waals surface area contributed by atoms with Crippen LogP contribution in [0.2, 0.25) is 0 Å². The van der Waals surface area contributed by atoms with Gasteiger partial charge in [-0.1, -0.05) is 52.4 Å². The zero-order chi connectivity index (χ0) is 15.6. The molecule has 0 bridgehead atoms. The maximum atomic E-state index is 10.9. The van der Waals surface area contributed by atoms with Gasteiger partial charge >= 0.3 is 11.9 Å². The molecule has 1 N–H and O–H groups in total. The normalized spacial score (nSPS) is 9.55. The molecule has 0 unspecified atom stereocenters. The second kappa shape index (κ2) is 17.9. The number of carbonyl (C=O) groups is 2. The molecule has 0 aromatic heterocycles. The Morgan fingerprint density at radius 2 is 1.30 bits per heavy atom. The number of carbonyl (C=O) groups excluding carboxylic acids is 1. The highest BCUT2D eigenvalue weighted by molar-refractivity contribution is 5.69. The maximum absolute atomic E-state index is 10.9. The first-order valence-corrected chi connectivity index (χ1v) is 7.95. The van der Waals surface area contributed by atoms with E-state index < -0.39 is 5.97 Å². The lowest BCUT2D eigenvalue weighted by Gasteiger charge is -2.00. The Morgan fingerprint density at radius 3 is 1.80 bits per heavy atom. The van der Waals surface area contributed by atoms with Crippen molar-refractivity contribution < 1.29 is 19.4 Å². The summed E-state index contributed by atoms with van der Waals surface area (Å²) in [7, 11) is 0. The summed E-state index contributed by atoms with van der Waals surface area (Å²) >= 11 is 0. The molecule has 0 fully saturated rings. The molecule has 4 nitrogen and oxygen atoms in total. The van der Waals surface area contributed by atoms with Crippen molar-refractivity contribution in [2.45, 2.75) is 85.0 Å². The first kappa shape index (κ1) is 21.2. The van der Waals surface area contributed by atoms with Gasteiger partial charge in [0.15, 0.2) is 0 Å². The minimum absolute atomic E-state index is 0.0472. The molecule has 0 aliphatic heterocycles. The monoisotopic (exact) mass is 288 g/mol. The first-order valence-electron chi connectivity index (χ1n) is 7.95. The summed E-state index contributed by atoms with van der Waals surface area (Å²) in [5.74, 6) is -0.729. The molecule has 0 aromatic carbocycles. The van der Waals surface area contributed by atoms with Crippen LogP contribution in [-0.2, 0) is 14.3 Å². The average molecular weight is 288 g/mol. The lowest BCUT2D eigenvalue weighted by atomic mass is 10.1. The summed E-state index contributed by atoms with van der Waals surface area (Å²) in [5.41, 5.74) is 0. The number of rotatable bonds is 11. The third-order valence-corrected chi connectivity index (χ3v) is 2.78. The Morgan fingerprint density at radius 1 is 0.800 bits per heavy atom. The molecule has 0 saturated carbocycles. The number of hydrogen-bond donors (Lipinski definition) is 1. The Labute approximate surface area is 123 Å². The fraction of sp³-hybridized carbons (Fsp3) is 0.875. The lowest BCUT2D eigenvalue weighted by Crippen LogP contribution is -2.02. The summed E-state index contributed by atoms with van der Waals surface area (Å²) in [6.07, 6.45) is 9.79. The number of hydrogen-bond acceptors (Lipinski definition) is 3. The van der Waals surface area contributed by atoms with Gasteiger partial charge in [0, 0.05) is 12.8 Å². The van der Waals surface area contributed by atoms with Crippen LogP contribution in [0.5, 0.6) is 0 Å². The highest BCUT2D eigenvalue weighted by atomic mass is 16.5. The number of carboxylic acids is 1. The van der Waals surface area contributed by atoms with Gasteiger partial charge in [-0.05, 0) is 19.8 Å². The van der Waals surface area contributed by atoms with Crippen LogP contribution in [0.25, 0.3) is 0 Å². The van der Waals surface area contributed by atoms with Gasteiger partial charge in [0.25, 0.3) is 0 Å². The topological polar surface area (TPSA) is 63.6 Å².